The lowest BCUT2D eigenvalue weighted by Gasteiger charge is -2.17. The molecule has 1 amide bonds. The highest BCUT2D eigenvalue weighted by Gasteiger charge is 2.22. The van der Waals surface area contributed by atoms with Gasteiger partial charge < -0.3 is 10.1 Å². The molecule has 34 heavy (non-hydrogen) atoms. The fourth-order valence-electron chi connectivity index (χ4n) is 4.72. The van der Waals surface area contributed by atoms with Gasteiger partial charge in [-0.05, 0) is 61.6 Å². The lowest BCUT2D eigenvalue weighted by atomic mass is 10.1. The van der Waals surface area contributed by atoms with Crippen LogP contribution >= 0.6 is 23.4 Å². The summed E-state index contributed by atoms with van der Waals surface area (Å²) in [7, 11) is 0. The van der Waals surface area contributed by atoms with Gasteiger partial charge in [0.05, 0.1) is 23.6 Å². The third-order valence-electron chi connectivity index (χ3n) is 6.54. The molecule has 1 N–H and O–H groups in total. The molecule has 8 heteroatoms. The third kappa shape index (κ3) is 5.32. The van der Waals surface area contributed by atoms with Crippen molar-refractivity contribution in [3.05, 3.63) is 69.0 Å². The molecule has 1 atom stereocenters. The molecule has 2 aromatic carbocycles. The second-order valence-electron chi connectivity index (χ2n) is 9.05. The van der Waals surface area contributed by atoms with Gasteiger partial charge in [0.25, 0.3) is 11.5 Å². The highest BCUT2D eigenvalue weighted by Crippen LogP contribution is 2.26. The SMILES string of the molecule is O=C(NC1CCCC1)c1ccc2c(=O)n(C[C@H]3CCCO3)c(SCc3cccc(Cl)c3)nc2c1. The monoisotopic (exact) mass is 497 g/mol. The number of carbonyl (C=O) groups is 1. The normalized spacial score (nSPS) is 18.6. The van der Waals surface area contributed by atoms with E-state index in [9.17, 15) is 9.59 Å². The Bertz CT molecular complexity index is 1250. The lowest BCUT2D eigenvalue weighted by Crippen LogP contribution is -2.32. The van der Waals surface area contributed by atoms with Gasteiger partial charge in [-0.1, -0.05) is 48.3 Å². The maximum Gasteiger partial charge on any atom is 0.262 e. The van der Waals surface area contributed by atoms with E-state index in [0.29, 0.717) is 38.9 Å². The average Bonchev–Trinajstić information content (AvgIpc) is 3.54. The van der Waals surface area contributed by atoms with E-state index in [1.54, 1.807) is 22.8 Å². The van der Waals surface area contributed by atoms with Crippen LogP contribution in [0.4, 0.5) is 0 Å². The predicted molar refractivity (Wildman–Crippen MR) is 136 cm³/mol. The Hall–Kier alpha value is -2.35. The van der Waals surface area contributed by atoms with Crippen molar-refractivity contribution < 1.29 is 9.53 Å². The van der Waals surface area contributed by atoms with Crippen LogP contribution in [0.15, 0.2) is 52.4 Å². The Morgan fingerprint density at radius 1 is 1.15 bits per heavy atom. The Balaban J connectivity index is 1.47. The van der Waals surface area contributed by atoms with E-state index >= 15 is 0 Å². The number of carbonyl (C=O) groups excluding carboxylic acids is 1. The molecule has 6 nitrogen and oxygen atoms in total. The van der Waals surface area contributed by atoms with E-state index in [-0.39, 0.29) is 23.6 Å². The Kier molecular flexibility index (Phi) is 7.23. The van der Waals surface area contributed by atoms with Crippen LogP contribution < -0.4 is 10.9 Å². The number of benzene rings is 2. The van der Waals surface area contributed by atoms with Gasteiger partial charge in [-0.2, -0.15) is 0 Å². The number of hydrogen-bond donors (Lipinski definition) is 1. The molecule has 1 saturated heterocycles. The standard InChI is InChI=1S/C26H28ClN3O3S/c27-19-6-3-5-17(13-19)16-34-26-29-23-14-18(24(31)28-20-7-1-2-8-20)10-11-22(23)25(32)30(26)15-21-9-4-12-33-21/h3,5-6,10-11,13-14,20-21H,1-2,4,7-9,12,15-16H2,(H,28,31)/t21-/m1/s1. The first kappa shape index (κ1) is 23.4. The van der Waals surface area contributed by atoms with Crippen molar-refractivity contribution in [1.29, 1.82) is 0 Å². The Morgan fingerprint density at radius 2 is 2.00 bits per heavy atom. The molecule has 0 radical (unpaired) electrons. The first-order valence-electron chi connectivity index (χ1n) is 11.9. The summed E-state index contributed by atoms with van der Waals surface area (Å²) < 4.78 is 7.53. The number of hydrogen-bond acceptors (Lipinski definition) is 5. The van der Waals surface area contributed by atoms with Gasteiger partial charge >= 0.3 is 0 Å². The number of nitrogens with zero attached hydrogens (tertiary/aromatic N) is 2. The van der Waals surface area contributed by atoms with Gasteiger partial charge in [-0.25, -0.2) is 4.98 Å². The minimum Gasteiger partial charge on any atom is -0.376 e. The fraction of sp³-hybridized carbons (Fsp3) is 0.423. The van der Waals surface area contributed by atoms with Gasteiger partial charge in [0.1, 0.15) is 0 Å². The summed E-state index contributed by atoms with van der Waals surface area (Å²) in [5.41, 5.74) is 2.03. The Labute approximate surface area is 208 Å². The van der Waals surface area contributed by atoms with Crippen molar-refractivity contribution in [2.24, 2.45) is 0 Å². The molecular weight excluding hydrogens is 470 g/mol. The second kappa shape index (κ2) is 10.5. The number of thioether (sulfide) groups is 1. The molecule has 0 unspecified atom stereocenters. The van der Waals surface area contributed by atoms with E-state index in [1.807, 2.05) is 24.3 Å². The predicted octanol–water partition coefficient (Wildman–Crippen LogP) is 5.19. The lowest BCUT2D eigenvalue weighted by molar-refractivity contribution is 0.0935. The molecular formula is C26H28ClN3O3S. The van der Waals surface area contributed by atoms with Crippen molar-refractivity contribution in [3.63, 3.8) is 0 Å². The number of rotatable bonds is 7. The van der Waals surface area contributed by atoms with Crippen LogP contribution in [0, 0.1) is 0 Å². The van der Waals surface area contributed by atoms with Crippen LogP contribution in [0.1, 0.15) is 54.4 Å². The molecule has 1 aliphatic carbocycles. The summed E-state index contributed by atoms with van der Waals surface area (Å²) in [6.07, 6.45) is 6.31. The van der Waals surface area contributed by atoms with Crippen molar-refractivity contribution in [3.8, 4) is 0 Å². The molecule has 178 valence electrons. The zero-order valence-electron chi connectivity index (χ0n) is 19.0. The van der Waals surface area contributed by atoms with Crippen molar-refractivity contribution in [2.75, 3.05) is 6.61 Å². The van der Waals surface area contributed by atoms with Crippen LogP contribution in [0.2, 0.25) is 5.02 Å². The van der Waals surface area contributed by atoms with Gasteiger partial charge in [-0.15, -0.1) is 0 Å². The molecule has 1 saturated carbocycles. The number of aromatic nitrogens is 2. The molecule has 2 aliphatic rings. The van der Waals surface area contributed by atoms with Crippen LogP contribution in [0.5, 0.6) is 0 Å². The van der Waals surface area contributed by atoms with Crippen LogP contribution in [-0.4, -0.2) is 34.2 Å². The van der Waals surface area contributed by atoms with Gasteiger partial charge in [-0.3, -0.25) is 14.2 Å². The quantitative estimate of drug-likeness (QED) is 0.359. The van der Waals surface area contributed by atoms with E-state index in [4.69, 9.17) is 21.3 Å². The number of fused-ring (bicyclic) bond motifs is 1. The molecule has 1 aliphatic heterocycles. The number of amides is 1. The van der Waals surface area contributed by atoms with Gasteiger partial charge in [0, 0.05) is 29.0 Å². The van der Waals surface area contributed by atoms with Gasteiger partial charge in [0.15, 0.2) is 5.16 Å². The fourth-order valence-corrected chi connectivity index (χ4v) is 5.88. The van der Waals surface area contributed by atoms with Crippen molar-refractivity contribution >= 4 is 40.2 Å². The van der Waals surface area contributed by atoms with Crippen molar-refractivity contribution in [2.45, 2.75) is 68.1 Å². The first-order valence-corrected chi connectivity index (χ1v) is 13.3. The van der Waals surface area contributed by atoms with E-state index in [1.165, 1.54) is 11.8 Å². The largest absolute Gasteiger partial charge is 0.376 e. The molecule has 2 fully saturated rings. The molecule has 3 aromatic rings. The van der Waals surface area contributed by atoms with Crippen molar-refractivity contribution in [1.82, 2.24) is 14.9 Å². The molecule has 1 aromatic heterocycles. The summed E-state index contributed by atoms with van der Waals surface area (Å²) in [4.78, 5) is 31.1. The average molecular weight is 498 g/mol. The molecule has 0 bridgehead atoms. The van der Waals surface area contributed by atoms with E-state index < -0.39 is 0 Å². The third-order valence-corrected chi connectivity index (χ3v) is 7.82. The summed E-state index contributed by atoms with van der Waals surface area (Å²) in [6, 6.07) is 13.1. The van der Waals surface area contributed by atoms with Crippen LogP contribution in [-0.2, 0) is 17.0 Å². The van der Waals surface area contributed by atoms with Gasteiger partial charge in [0.2, 0.25) is 0 Å². The van der Waals surface area contributed by atoms with Crippen LogP contribution in [0.3, 0.4) is 0 Å². The zero-order chi connectivity index (χ0) is 23.5. The highest BCUT2D eigenvalue weighted by atomic mass is 35.5. The topological polar surface area (TPSA) is 73.2 Å². The van der Waals surface area contributed by atoms with E-state index in [0.717, 1.165) is 50.7 Å². The summed E-state index contributed by atoms with van der Waals surface area (Å²) in [5.74, 6) is 0.526. The zero-order valence-corrected chi connectivity index (χ0v) is 20.5. The summed E-state index contributed by atoms with van der Waals surface area (Å²) in [6.45, 7) is 1.20. The summed E-state index contributed by atoms with van der Waals surface area (Å²) >= 11 is 7.65. The van der Waals surface area contributed by atoms with E-state index in [2.05, 4.69) is 5.32 Å². The maximum atomic E-state index is 13.5. The Morgan fingerprint density at radius 3 is 2.76 bits per heavy atom. The number of halogens is 1. The number of nitrogens with one attached hydrogen (secondary N) is 1. The molecule has 0 spiro atoms. The summed E-state index contributed by atoms with van der Waals surface area (Å²) in [5, 5.41) is 4.94. The molecule has 2 heterocycles. The maximum absolute atomic E-state index is 13.5. The second-order valence-corrected chi connectivity index (χ2v) is 10.4. The number of ether oxygens (including phenoxy) is 1. The first-order chi connectivity index (χ1) is 16.6. The van der Waals surface area contributed by atoms with Crippen LogP contribution in [0.25, 0.3) is 10.9 Å². The smallest absolute Gasteiger partial charge is 0.262 e. The minimum absolute atomic E-state index is 0.0129. The molecule has 5 rings (SSSR count). The highest BCUT2D eigenvalue weighted by molar-refractivity contribution is 7.98. The minimum atomic E-state index is -0.104.